The fourth-order valence-electron chi connectivity index (χ4n) is 1.67. The largest absolute Gasteiger partial charge is 0.396 e. The molecule has 0 spiro atoms. The van der Waals surface area contributed by atoms with Gasteiger partial charge in [-0.25, -0.2) is 0 Å². The Labute approximate surface area is 157 Å². The summed E-state index contributed by atoms with van der Waals surface area (Å²) in [5, 5.41) is 8.58. The highest BCUT2D eigenvalue weighted by Gasteiger charge is 1.94. The minimum absolute atomic E-state index is 0.156. The van der Waals surface area contributed by atoms with Crippen molar-refractivity contribution >= 4 is 0 Å². The minimum atomic E-state index is 0.156. The first-order valence-corrected chi connectivity index (χ1v) is 9.27. The molecule has 0 atom stereocenters. The van der Waals surface area contributed by atoms with Crippen molar-refractivity contribution in [3.05, 3.63) is 0 Å². The molecule has 0 aliphatic heterocycles. The van der Waals surface area contributed by atoms with Gasteiger partial charge in [-0.3, -0.25) is 0 Å². The highest BCUT2D eigenvalue weighted by atomic mass is 16.6. The monoisotopic (exact) mass is 383 g/mol. The summed E-state index contributed by atoms with van der Waals surface area (Å²) < 4.78 is 37.2. The van der Waals surface area contributed by atoms with E-state index in [1.165, 1.54) is 0 Å². The summed E-state index contributed by atoms with van der Waals surface area (Å²) in [4.78, 5) is 0. The van der Waals surface area contributed by atoms with E-state index in [1.807, 2.05) is 0 Å². The molecule has 9 nitrogen and oxygen atoms in total. The van der Waals surface area contributed by atoms with Crippen LogP contribution in [0.25, 0.3) is 0 Å². The molecule has 158 valence electrons. The molecular weight excluding hydrogens is 346 g/mol. The maximum atomic E-state index is 8.58. The summed E-state index contributed by atoms with van der Waals surface area (Å²) in [6.07, 6.45) is 0.660. The second-order valence-electron chi connectivity index (χ2n) is 5.15. The van der Waals surface area contributed by atoms with Crippen molar-refractivity contribution in [2.45, 2.75) is 6.42 Å². The van der Waals surface area contributed by atoms with E-state index >= 15 is 0 Å². The molecular formula is C17H37NO8. The molecule has 0 unspecified atom stereocenters. The van der Waals surface area contributed by atoms with Gasteiger partial charge in [0.25, 0.3) is 0 Å². The van der Waals surface area contributed by atoms with E-state index in [0.29, 0.717) is 105 Å². The van der Waals surface area contributed by atoms with E-state index < -0.39 is 0 Å². The molecule has 0 aliphatic rings. The van der Waals surface area contributed by atoms with Crippen LogP contribution in [-0.4, -0.2) is 111 Å². The molecule has 0 aromatic heterocycles. The summed E-state index contributed by atoms with van der Waals surface area (Å²) in [7, 11) is 0. The summed E-state index contributed by atoms with van der Waals surface area (Å²) in [5.74, 6) is 0. The maximum Gasteiger partial charge on any atom is 0.0701 e. The predicted octanol–water partition coefficient (Wildman–Crippen LogP) is -0.556. The Morgan fingerprint density at radius 1 is 0.423 bits per heavy atom. The predicted molar refractivity (Wildman–Crippen MR) is 96.5 cm³/mol. The van der Waals surface area contributed by atoms with Crippen molar-refractivity contribution < 1.29 is 38.3 Å². The van der Waals surface area contributed by atoms with Gasteiger partial charge in [0.05, 0.1) is 85.9 Å². The van der Waals surface area contributed by atoms with Crippen LogP contribution in [0.1, 0.15) is 6.42 Å². The van der Waals surface area contributed by atoms with Crippen LogP contribution in [0, 0.1) is 0 Å². The molecule has 0 rings (SSSR count). The normalized spacial score (nSPS) is 11.3. The van der Waals surface area contributed by atoms with Crippen LogP contribution in [0.3, 0.4) is 0 Å². The number of nitrogens with two attached hydrogens (primary N) is 1. The van der Waals surface area contributed by atoms with Gasteiger partial charge < -0.3 is 44.0 Å². The molecule has 0 bridgehead atoms. The van der Waals surface area contributed by atoms with Gasteiger partial charge in [0, 0.05) is 19.8 Å². The first-order chi connectivity index (χ1) is 12.9. The zero-order valence-electron chi connectivity index (χ0n) is 15.9. The highest BCUT2D eigenvalue weighted by Crippen LogP contribution is 1.85. The van der Waals surface area contributed by atoms with Gasteiger partial charge in [-0.05, 0) is 6.42 Å². The topological polar surface area (TPSA) is 111 Å². The molecule has 3 N–H and O–H groups in total. The van der Waals surface area contributed by atoms with E-state index in [4.69, 9.17) is 44.0 Å². The first-order valence-electron chi connectivity index (χ1n) is 9.27. The summed E-state index contributed by atoms with van der Waals surface area (Å²) >= 11 is 0. The number of ether oxygens (including phenoxy) is 7. The van der Waals surface area contributed by atoms with Gasteiger partial charge >= 0.3 is 0 Å². The Kier molecular flexibility index (Phi) is 24.3. The standard InChI is InChI=1S/C17H37NO8/c18-2-5-21-7-9-23-11-13-25-15-17-26-16-14-24-12-10-22-8-6-20-4-1-3-19/h19H,1-18H2. The van der Waals surface area contributed by atoms with Gasteiger partial charge in [0.2, 0.25) is 0 Å². The number of hydrogen-bond donors (Lipinski definition) is 2. The van der Waals surface area contributed by atoms with Crippen LogP contribution in [0.5, 0.6) is 0 Å². The molecule has 0 radical (unpaired) electrons. The van der Waals surface area contributed by atoms with Crippen molar-refractivity contribution in [1.82, 2.24) is 0 Å². The molecule has 0 aliphatic carbocycles. The zero-order valence-corrected chi connectivity index (χ0v) is 15.9. The number of rotatable bonds is 23. The lowest BCUT2D eigenvalue weighted by Crippen LogP contribution is -2.15. The van der Waals surface area contributed by atoms with Crippen molar-refractivity contribution in [2.75, 3.05) is 106 Å². The van der Waals surface area contributed by atoms with Crippen LogP contribution in [0.4, 0.5) is 0 Å². The molecule has 9 heteroatoms. The SMILES string of the molecule is NCCOCCOCCOCCOCCOCCOCCOCCCO. The van der Waals surface area contributed by atoms with Crippen molar-refractivity contribution in [3.63, 3.8) is 0 Å². The molecule has 0 saturated heterocycles. The number of aliphatic hydroxyl groups is 1. The Bertz CT molecular complexity index is 225. The van der Waals surface area contributed by atoms with Gasteiger partial charge in [-0.15, -0.1) is 0 Å². The molecule has 0 aromatic rings. The van der Waals surface area contributed by atoms with Crippen LogP contribution >= 0.6 is 0 Å². The van der Waals surface area contributed by atoms with Crippen molar-refractivity contribution in [3.8, 4) is 0 Å². The lowest BCUT2D eigenvalue weighted by molar-refractivity contribution is -0.0205. The molecule has 0 heterocycles. The minimum Gasteiger partial charge on any atom is -0.396 e. The molecule has 0 saturated carbocycles. The van der Waals surface area contributed by atoms with Gasteiger partial charge in [-0.2, -0.15) is 0 Å². The second-order valence-corrected chi connectivity index (χ2v) is 5.15. The van der Waals surface area contributed by atoms with Crippen molar-refractivity contribution in [2.24, 2.45) is 5.73 Å². The van der Waals surface area contributed by atoms with E-state index in [9.17, 15) is 0 Å². The quantitative estimate of drug-likeness (QED) is 0.224. The third-order valence-electron chi connectivity index (χ3n) is 2.94. The number of aliphatic hydroxyl groups excluding tert-OH is 1. The summed E-state index contributed by atoms with van der Waals surface area (Å²) in [6, 6.07) is 0. The van der Waals surface area contributed by atoms with Crippen LogP contribution in [0.2, 0.25) is 0 Å². The summed E-state index contributed by atoms with van der Waals surface area (Å²) in [5.41, 5.74) is 5.30. The van der Waals surface area contributed by atoms with E-state index in [2.05, 4.69) is 0 Å². The summed E-state index contributed by atoms with van der Waals surface area (Å²) in [6.45, 7) is 8.27. The molecule has 0 aromatic carbocycles. The number of hydrogen-bond acceptors (Lipinski definition) is 9. The lowest BCUT2D eigenvalue weighted by atomic mass is 10.5. The first kappa shape index (κ1) is 25.6. The van der Waals surface area contributed by atoms with Gasteiger partial charge in [-0.1, -0.05) is 0 Å². The van der Waals surface area contributed by atoms with Gasteiger partial charge in [0.15, 0.2) is 0 Å². The maximum absolute atomic E-state index is 8.58. The average Bonchev–Trinajstić information content (AvgIpc) is 2.66. The Balaban J connectivity index is 2.95. The molecule has 26 heavy (non-hydrogen) atoms. The van der Waals surface area contributed by atoms with E-state index in [0.717, 1.165) is 0 Å². The Morgan fingerprint density at radius 2 is 0.692 bits per heavy atom. The zero-order chi connectivity index (χ0) is 19.0. The fourth-order valence-corrected chi connectivity index (χ4v) is 1.67. The fraction of sp³-hybridized carbons (Fsp3) is 1.00. The lowest BCUT2D eigenvalue weighted by Gasteiger charge is -2.08. The third-order valence-corrected chi connectivity index (χ3v) is 2.94. The van der Waals surface area contributed by atoms with Crippen LogP contribution < -0.4 is 5.73 Å². The second kappa shape index (κ2) is 24.6. The van der Waals surface area contributed by atoms with E-state index in [-0.39, 0.29) is 6.61 Å². The third kappa shape index (κ3) is 23.6. The molecule has 0 fully saturated rings. The van der Waals surface area contributed by atoms with Crippen LogP contribution in [0.15, 0.2) is 0 Å². The van der Waals surface area contributed by atoms with E-state index in [1.54, 1.807) is 0 Å². The Hall–Kier alpha value is -0.360. The average molecular weight is 383 g/mol. The highest BCUT2D eigenvalue weighted by molar-refractivity contribution is 4.38. The van der Waals surface area contributed by atoms with Gasteiger partial charge in [0.1, 0.15) is 0 Å². The smallest absolute Gasteiger partial charge is 0.0701 e. The molecule has 0 amide bonds. The van der Waals surface area contributed by atoms with Crippen LogP contribution in [-0.2, 0) is 33.2 Å². The van der Waals surface area contributed by atoms with Crippen molar-refractivity contribution in [1.29, 1.82) is 0 Å². The Morgan fingerprint density at radius 3 is 0.962 bits per heavy atom.